The molecule has 2 heterocycles. The zero-order valence-corrected chi connectivity index (χ0v) is 18.2. The fourth-order valence-electron chi connectivity index (χ4n) is 3.25. The lowest BCUT2D eigenvalue weighted by molar-refractivity contribution is -0.137. The maximum atomic E-state index is 13.0. The SMILES string of the molecule is Cc1cc(Nc2cc(NC(=O)c3cccc(C(F)(F)F)c3)ccc2C)n(-c2cc(N)ncn2)n1. The highest BCUT2D eigenvalue weighted by atomic mass is 19.4. The minimum Gasteiger partial charge on any atom is -0.384 e. The first kappa shape index (κ1) is 22.8. The number of carbonyl (C=O) groups is 1. The van der Waals surface area contributed by atoms with Crippen molar-refractivity contribution in [3.63, 3.8) is 0 Å². The number of amides is 1. The predicted octanol–water partition coefficient (Wildman–Crippen LogP) is 4.88. The quantitative estimate of drug-likeness (QED) is 0.386. The van der Waals surface area contributed by atoms with Crippen molar-refractivity contribution >= 4 is 28.9 Å². The number of hydrogen-bond donors (Lipinski definition) is 3. The van der Waals surface area contributed by atoms with Crippen LogP contribution in [0.1, 0.15) is 27.2 Å². The van der Waals surface area contributed by atoms with Crippen LogP contribution in [0, 0.1) is 13.8 Å². The molecular weight excluding hydrogens is 447 g/mol. The van der Waals surface area contributed by atoms with Crippen LogP contribution in [-0.4, -0.2) is 25.7 Å². The van der Waals surface area contributed by atoms with Gasteiger partial charge in [-0.3, -0.25) is 4.79 Å². The van der Waals surface area contributed by atoms with Gasteiger partial charge >= 0.3 is 6.18 Å². The van der Waals surface area contributed by atoms with Crippen molar-refractivity contribution in [2.24, 2.45) is 0 Å². The molecule has 0 unspecified atom stereocenters. The van der Waals surface area contributed by atoms with E-state index in [0.29, 0.717) is 28.8 Å². The number of nitrogen functional groups attached to an aromatic ring is 1. The van der Waals surface area contributed by atoms with Gasteiger partial charge in [0.25, 0.3) is 5.91 Å². The fourth-order valence-corrected chi connectivity index (χ4v) is 3.25. The van der Waals surface area contributed by atoms with Gasteiger partial charge in [-0.15, -0.1) is 0 Å². The molecule has 2 aromatic heterocycles. The van der Waals surface area contributed by atoms with Gasteiger partial charge in [0.2, 0.25) is 0 Å². The van der Waals surface area contributed by atoms with Crippen molar-refractivity contribution in [2.75, 3.05) is 16.4 Å². The summed E-state index contributed by atoms with van der Waals surface area (Å²) in [5.41, 5.74) is 7.43. The summed E-state index contributed by atoms with van der Waals surface area (Å²) in [6.45, 7) is 3.70. The van der Waals surface area contributed by atoms with Gasteiger partial charge in [-0.1, -0.05) is 12.1 Å². The molecule has 1 amide bonds. The summed E-state index contributed by atoms with van der Waals surface area (Å²) < 4.78 is 40.5. The second kappa shape index (κ2) is 8.85. The Kier molecular flexibility index (Phi) is 5.93. The number of rotatable bonds is 5. The number of halogens is 3. The van der Waals surface area contributed by atoms with Crippen molar-refractivity contribution in [3.8, 4) is 5.82 Å². The van der Waals surface area contributed by atoms with Crippen molar-refractivity contribution in [3.05, 3.63) is 83.3 Å². The maximum Gasteiger partial charge on any atom is 0.416 e. The van der Waals surface area contributed by atoms with Gasteiger partial charge in [0.1, 0.15) is 18.0 Å². The van der Waals surface area contributed by atoms with E-state index in [1.165, 1.54) is 18.5 Å². The smallest absolute Gasteiger partial charge is 0.384 e. The Morgan fingerprint density at radius 1 is 1.03 bits per heavy atom. The molecule has 174 valence electrons. The van der Waals surface area contributed by atoms with Gasteiger partial charge in [0, 0.05) is 29.1 Å². The molecule has 4 N–H and O–H groups in total. The first-order valence-electron chi connectivity index (χ1n) is 10.1. The third-order valence-corrected chi connectivity index (χ3v) is 4.93. The largest absolute Gasteiger partial charge is 0.416 e. The second-order valence-corrected chi connectivity index (χ2v) is 7.57. The number of nitrogens with one attached hydrogen (secondary N) is 2. The number of aryl methyl sites for hydroxylation is 2. The molecular formula is C23H20F3N7O. The Hall–Kier alpha value is -4.41. The highest BCUT2D eigenvalue weighted by molar-refractivity contribution is 6.04. The number of benzene rings is 2. The van der Waals surface area contributed by atoms with E-state index in [2.05, 4.69) is 25.7 Å². The van der Waals surface area contributed by atoms with Crippen LogP contribution in [0.4, 0.5) is 36.2 Å². The first-order chi connectivity index (χ1) is 16.1. The minimum atomic E-state index is -4.54. The number of hydrogen-bond acceptors (Lipinski definition) is 6. The third kappa shape index (κ3) is 4.98. The van der Waals surface area contributed by atoms with Crippen molar-refractivity contribution in [1.82, 2.24) is 19.7 Å². The average molecular weight is 467 g/mol. The molecule has 4 aromatic rings. The number of alkyl halides is 3. The molecule has 0 bridgehead atoms. The summed E-state index contributed by atoms with van der Waals surface area (Å²) in [7, 11) is 0. The van der Waals surface area contributed by atoms with E-state index in [-0.39, 0.29) is 5.56 Å². The molecule has 2 aromatic carbocycles. The molecule has 0 fully saturated rings. The molecule has 0 saturated heterocycles. The molecule has 0 radical (unpaired) electrons. The first-order valence-corrected chi connectivity index (χ1v) is 10.1. The molecule has 0 atom stereocenters. The normalized spacial score (nSPS) is 11.3. The van der Waals surface area contributed by atoms with Crippen LogP contribution in [0.15, 0.2) is 60.9 Å². The van der Waals surface area contributed by atoms with Crippen LogP contribution in [0.3, 0.4) is 0 Å². The van der Waals surface area contributed by atoms with Crippen molar-refractivity contribution in [2.45, 2.75) is 20.0 Å². The summed E-state index contributed by atoms with van der Waals surface area (Å²) in [6.07, 6.45) is -3.20. The molecule has 8 nitrogen and oxygen atoms in total. The van der Waals surface area contributed by atoms with Gasteiger partial charge in [0.15, 0.2) is 5.82 Å². The van der Waals surface area contributed by atoms with E-state index in [1.807, 2.05) is 19.9 Å². The summed E-state index contributed by atoms with van der Waals surface area (Å²) in [5.74, 6) is 0.702. The standard InChI is InChI=1S/C23H20F3N7O/c1-13-6-7-17(30-22(34)15-4-3-5-16(9-15)23(24,25)26)10-18(13)31-21-8-14(2)32-33(21)20-11-19(27)28-12-29-20/h3-12,31H,1-2H3,(H,30,34)(H2,27,28,29). The Morgan fingerprint density at radius 3 is 2.56 bits per heavy atom. The van der Waals surface area contributed by atoms with E-state index in [0.717, 1.165) is 23.4 Å². The lowest BCUT2D eigenvalue weighted by Crippen LogP contribution is -2.14. The average Bonchev–Trinajstić information content (AvgIpc) is 3.15. The Morgan fingerprint density at radius 2 is 1.82 bits per heavy atom. The molecule has 0 aliphatic carbocycles. The van der Waals surface area contributed by atoms with Gasteiger partial charge in [-0.2, -0.15) is 23.0 Å². The van der Waals surface area contributed by atoms with Gasteiger partial charge < -0.3 is 16.4 Å². The summed E-state index contributed by atoms with van der Waals surface area (Å²) in [4.78, 5) is 20.7. The zero-order valence-electron chi connectivity index (χ0n) is 18.2. The van der Waals surface area contributed by atoms with Crippen LogP contribution in [0.5, 0.6) is 0 Å². The van der Waals surface area contributed by atoms with E-state index in [1.54, 1.807) is 28.9 Å². The monoisotopic (exact) mass is 467 g/mol. The lowest BCUT2D eigenvalue weighted by Gasteiger charge is -2.14. The summed E-state index contributed by atoms with van der Waals surface area (Å²) >= 11 is 0. The van der Waals surface area contributed by atoms with Crippen LogP contribution < -0.4 is 16.4 Å². The van der Waals surface area contributed by atoms with E-state index >= 15 is 0 Å². The Labute approximate surface area is 192 Å². The topological polar surface area (TPSA) is 111 Å². The van der Waals surface area contributed by atoms with Gasteiger partial charge in [-0.25, -0.2) is 9.97 Å². The Bertz CT molecular complexity index is 1360. The molecule has 11 heteroatoms. The van der Waals surface area contributed by atoms with E-state index < -0.39 is 17.6 Å². The fraction of sp³-hybridized carbons (Fsp3) is 0.130. The number of carbonyl (C=O) groups excluding carboxylic acids is 1. The van der Waals surface area contributed by atoms with E-state index in [9.17, 15) is 18.0 Å². The maximum absolute atomic E-state index is 13.0. The Balaban J connectivity index is 1.59. The predicted molar refractivity (Wildman–Crippen MR) is 122 cm³/mol. The summed E-state index contributed by atoms with van der Waals surface area (Å²) in [6, 6.07) is 12.8. The third-order valence-electron chi connectivity index (χ3n) is 4.93. The molecule has 0 aliphatic rings. The van der Waals surface area contributed by atoms with Crippen LogP contribution >= 0.6 is 0 Å². The second-order valence-electron chi connectivity index (χ2n) is 7.57. The molecule has 4 rings (SSSR count). The number of nitrogens with zero attached hydrogens (tertiary/aromatic N) is 4. The van der Waals surface area contributed by atoms with Crippen LogP contribution in [0.2, 0.25) is 0 Å². The van der Waals surface area contributed by atoms with E-state index in [4.69, 9.17) is 5.73 Å². The van der Waals surface area contributed by atoms with Crippen molar-refractivity contribution in [1.29, 1.82) is 0 Å². The summed E-state index contributed by atoms with van der Waals surface area (Å²) in [5, 5.41) is 10.3. The highest BCUT2D eigenvalue weighted by Gasteiger charge is 2.30. The van der Waals surface area contributed by atoms with Gasteiger partial charge in [-0.05, 0) is 49.7 Å². The number of aromatic nitrogens is 4. The van der Waals surface area contributed by atoms with Crippen LogP contribution in [-0.2, 0) is 6.18 Å². The minimum absolute atomic E-state index is 0.0973. The highest BCUT2D eigenvalue weighted by Crippen LogP contribution is 2.30. The molecule has 0 aliphatic heterocycles. The molecule has 0 spiro atoms. The number of nitrogens with two attached hydrogens (primary N) is 1. The molecule has 0 saturated carbocycles. The van der Waals surface area contributed by atoms with Crippen LogP contribution in [0.25, 0.3) is 5.82 Å². The molecule has 34 heavy (non-hydrogen) atoms. The lowest BCUT2D eigenvalue weighted by atomic mass is 10.1. The van der Waals surface area contributed by atoms with Gasteiger partial charge in [0.05, 0.1) is 11.3 Å². The number of anilines is 4. The zero-order chi connectivity index (χ0) is 24.5. The van der Waals surface area contributed by atoms with Crippen molar-refractivity contribution < 1.29 is 18.0 Å².